The van der Waals surface area contributed by atoms with E-state index in [0.29, 0.717) is 85.1 Å². The Morgan fingerprint density at radius 3 is 1.38 bits per heavy atom. The van der Waals surface area contributed by atoms with Crippen LogP contribution in [0.2, 0.25) is 0 Å². The van der Waals surface area contributed by atoms with E-state index in [-0.39, 0.29) is 31.8 Å². The average molecular weight is 685 g/mol. The molecule has 1 heterocycles. The van der Waals surface area contributed by atoms with Crippen LogP contribution >= 0.6 is 0 Å². The van der Waals surface area contributed by atoms with Crippen LogP contribution in [0.1, 0.15) is 25.7 Å². The lowest BCUT2D eigenvalue weighted by atomic mass is 10.0. The molecule has 1 aliphatic heterocycles. The van der Waals surface area contributed by atoms with E-state index in [1.54, 1.807) is 0 Å². The Hall–Kier alpha value is -2.44. The number of amides is 1. The van der Waals surface area contributed by atoms with Crippen LogP contribution in [0.5, 0.6) is 5.75 Å². The zero-order chi connectivity index (χ0) is 34.3. The molecular weight excluding hydrogens is 636 g/mol. The number of nitrogens with zero attached hydrogens (tertiary/aromatic N) is 2. The molecule has 0 spiro atoms. The van der Waals surface area contributed by atoms with Gasteiger partial charge in [0.15, 0.2) is 11.6 Å². The summed E-state index contributed by atoms with van der Waals surface area (Å²) in [5.74, 6) is -9.33. The van der Waals surface area contributed by atoms with Gasteiger partial charge in [-0.3, -0.25) is 9.59 Å². The molecule has 1 amide bonds. The van der Waals surface area contributed by atoms with E-state index in [1.807, 2.05) is 4.90 Å². The van der Waals surface area contributed by atoms with Crippen molar-refractivity contribution in [3.05, 3.63) is 29.3 Å². The summed E-state index contributed by atoms with van der Waals surface area (Å²) in [6.45, 7) is 6.16. The predicted octanol–water partition coefficient (Wildman–Crippen LogP) is 2.60. The quantitative estimate of drug-likeness (QED) is 0.0472. The maximum atomic E-state index is 13.5. The maximum absolute atomic E-state index is 13.5. The molecule has 0 unspecified atom stereocenters. The molecule has 12 nitrogen and oxygen atoms in total. The van der Waals surface area contributed by atoms with Crippen LogP contribution in [-0.2, 0) is 42.7 Å². The lowest BCUT2D eigenvalue weighted by Crippen LogP contribution is -2.44. The summed E-state index contributed by atoms with van der Waals surface area (Å²) in [5, 5.41) is 0. The number of halogens is 4. The van der Waals surface area contributed by atoms with E-state index in [0.717, 1.165) is 25.9 Å². The van der Waals surface area contributed by atoms with Crippen LogP contribution in [0, 0.1) is 23.3 Å². The summed E-state index contributed by atoms with van der Waals surface area (Å²) >= 11 is 0. The Morgan fingerprint density at radius 2 is 1.00 bits per heavy atom. The van der Waals surface area contributed by atoms with Gasteiger partial charge in [-0.2, -0.15) is 8.78 Å². The zero-order valence-electron chi connectivity index (χ0n) is 27.3. The van der Waals surface area contributed by atoms with Gasteiger partial charge >= 0.3 is 5.97 Å². The zero-order valence-corrected chi connectivity index (χ0v) is 27.3. The molecule has 1 aromatic carbocycles. The number of benzene rings is 1. The highest BCUT2D eigenvalue weighted by atomic mass is 19.2. The van der Waals surface area contributed by atoms with Gasteiger partial charge < -0.3 is 47.7 Å². The van der Waals surface area contributed by atoms with E-state index in [1.165, 1.54) is 0 Å². The molecule has 0 N–H and O–H groups in total. The molecule has 16 heteroatoms. The fraction of sp³-hybridized carbons (Fsp3) is 0.742. The number of ether oxygens (including phenoxy) is 8. The number of hydrogen-bond acceptors (Lipinski definition) is 11. The van der Waals surface area contributed by atoms with Crippen molar-refractivity contribution in [2.24, 2.45) is 0 Å². The molecule has 0 bridgehead atoms. The van der Waals surface area contributed by atoms with Crippen molar-refractivity contribution < 1.29 is 65.0 Å². The topological polar surface area (TPSA) is 114 Å². The lowest BCUT2D eigenvalue weighted by Gasteiger charge is -2.35. The van der Waals surface area contributed by atoms with Gasteiger partial charge in [0, 0.05) is 25.2 Å². The number of carbonyl (C=O) groups excluding carboxylic acids is 2. The Labute approximate surface area is 273 Å². The Kier molecular flexibility index (Phi) is 21.4. The SMILES string of the molecule is CN(C)C1CCN(C(=O)CCOCCOCCOCCOCCOCCOCCOCCC(=O)Oc2c(F)c(F)cc(F)c2F)CC1. The second-order valence-electron chi connectivity index (χ2n) is 10.6. The van der Waals surface area contributed by atoms with Gasteiger partial charge in [-0.25, -0.2) is 8.78 Å². The third kappa shape index (κ3) is 17.5. The molecule has 1 aromatic rings. The van der Waals surface area contributed by atoms with Crippen LogP contribution < -0.4 is 4.74 Å². The molecule has 47 heavy (non-hydrogen) atoms. The highest BCUT2D eigenvalue weighted by Gasteiger charge is 2.24. The summed E-state index contributed by atoms with van der Waals surface area (Å²) in [6, 6.07) is 0.568. The van der Waals surface area contributed by atoms with Crippen LogP contribution in [0.15, 0.2) is 6.07 Å². The summed E-state index contributed by atoms with van der Waals surface area (Å²) in [4.78, 5) is 28.1. The molecule has 0 radical (unpaired) electrons. The second kappa shape index (κ2) is 24.7. The van der Waals surface area contributed by atoms with Crippen molar-refractivity contribution >= 4 is 11.9 Å². The summed E-state index contributed by atoms with van der Waals surface area (Å²) in [6.07, 6.45) is 2.01. The van der Waals surface area contributed by atoms with Crippen LogP contribution in [-0.4, -0.2) is 147 Å². The molecule has 0 atom stereocenters. The lowest BCUT2D eigenvalue weighted by molar-refractivity contribution is -0.136. The molecular formula is C31H48F4N2O10. The van der Waals surface area contributed by atoms with E-state index < -0.39 is 41.4 Å². The number of carbonyl (C=O) groups is 2. The van der Waals surface area contributed by atoms with E-state index in [9.17, 15) is 27.2 Å². The monoisotopic (exact) mass is 684 g/mol. The normalized spacial score (nSPS) is 13.9. The van der Waals surface area contributed by atoms with E-state index >= 15 is 0 Å². The first kappa shape index (κ1) is 40.7. The summed E-state index contributed by atoms with van der Waals surface area (Å²) < 4.78 is 95.4. The average Bonchev–Trinajstić information content (AvgIpc) is 3.06. The standard InChI is InChI=1S/C31H48F4N2O10/c1-36(2)24-3-7-37(8-4-24)27(38)5-9-40-11-13-42-15-17-44-19-21-46-22-20-45-18-16-43-14-12-41-10-6-28(39)47-31-29(34)25(32)23-26(33)30(31)35/h23-24H,3-22H2,1-2H3. The first-order valence-corrected chi connectivity index (χ1v) is 15.7. The van der Waals surface area contributed by atoms with Gasteiger partial charge in [0.05, 0.1) is 105 Å². The molecule has 0 saturated carbocycles. The maximum Gasteiger partial charge on any atom is 0.313 e. The van der Waals surface area contributed by atoms with Crippen molar-refractivity contribution in [2.45, 2.75) is 31.7 Å². The summed E-state index contributed by atoms with van der Waals surface area (Å²) in [7, 11) is 4.15. The highest BCUT2D eigenvalue weighted by molar-refractivity contribution is 5.76. The predicted molar refractivity (Wildman–Crippen MR) is 160 cm³/mol. The molecule has 270 valence electrons. The smallest absolute Gasteiger partial charge is 0.313 e. The van der Waals surface area contributed by atoms with Gasteiger partial charge in [0.25, 0.3) is 0 Å². The Balaban J connectivity index is 1.26. The fourth-order valence-corrected chi connectivity index (χ4v) is 4.33. The van der Waals surface area contributed by atoms with Gasteiger partial charge in [0.2, 0.25) is 23.3 Å². The highest BCUT2D eigenvalue weighted by Crippen LogP contribution is 2.26. The molecule has 1 aliphatic rings. The molecule has 1 fully saturated rings. The number of likely N-dealkylation sites (tertiary alicyclic amines) is 1. The third-order valence-corrected chi connectivity index (χ3v) is 6.98. The van der Waals surface area contributed by atoms with Crippen LogP contribution in [0.4, 0.5) is 17.6 Å². The van der Waals surface area contributed by atoms with Crippen molar-refractivity contribution in [3.8, 4) is 5.75 Å². The van der Waals surface area contributed by atoms with E-state index in [2.05, 4.69) is 23.7 Å². The number of esters is 1. The van der Waals surface area contributed by atoms with Gasteiger partial charge in [-0.1, -0.05) is 0 Å². The van der Waals surface area contributed by atoms with Gasteiger partial charge in [0.1, 0.15) is 0 Å². The minimum Gasteiger partial charge on any atom is -0.420 e. The molecule has 1 saturated heterocycles. The molecule has 2 rings (SSSR count). The van der Waals surface area contributed by atoms with Crippen molar-refractivity contribution in [1.29, 1.82) is 0 Å². The first-order valence-electron chi connectivity index (χ1n) is 15.7. The van der Waals surface area contributed by atoms with Crippen molar-refractivity contribution in [2.75, 3.05) is 120 Å². The fourth-order valence-electron chi connectivity index (χ4n) is 4.33. The van der Waals surface area contributed by atoms with Gasteiger partial charge in [-0.15, -0.1) is 0 Å². The molecule has 0 aliphatic carbocycles. The van der Waals surface area contributed by atoms with Crippen molar-refractivity contribution in [3.63, 3.8) is 0 Å². The number of hydrogen-bond donors (Lipinski definition) is 0. The largest absolute Gasteiger partial charge is 0.420 e. The number of piperidine rings is 1. The molecule has 0 aromatic heterocycles. The third-order valence-electron chi connectivity index (χ3n) is 6.98. The minimum absolute atomic E-state index is 0.0185. The first-order chi connectivity index (χ1) is 22.7. The van der Waals surface area contributed by atoms with Crippen LogP contribution in [0.25, 0.3) is 0 Å². The van der Waals surface area contributed by atoms with Gasteiger partial charge in [-0.05, 0) is 26.9 Å². The van der Waals surface area contributed by atoms with E-state index in [4.69, 9.17) is 33.2 Å². The van der Waals surface area contributed by atoms with Crippen LogP contribution in [0.3, 0.4) is 0 Å². The minimum atomic E-state index is -1.79. The summed E-state index contributed by atoms with van der Waals surface area (Å²) in [5.41, 5.74) is 0. The van der Waals surface area contributed by atoms with Crippen molar-refractivity contribution in [1.82, 2.24) is 9.80 Å². The Bertz CT molecular complexity index is 1010. The number of rotatable bonds is 26. The second-order valence-corrected chi connectivity index (χ2v) is 10.6. The Morgan fingerprint density at radius 1 is 0.638 bits per heavy atom.